The third-order valence-corrected chi connectivity index (χ3v) is 4.71. The van der Waals surface area contributed by atoms with Gasteiger partial charge in [-0.05, 0) is 46.3 Å². The van der Waals surface area contributed by atoms with Gasteiger partial charge in [0.05, 0.1) is 23.4 Å². The lowest BCUT2D eigenvalue weighted by molar-refractivity contribution is 0.102. The van der Waals surface area contributed by atoms with Crippen molar-refractivity contribution in [3.63, 3.8) is 0 Å². The minimum absolute atomic E-state index is 0.294. The van der Waals surface area contributed by atoms with Gasteiger partial charge in [-0.3, -0.25) is 4.79 Å². The first-order chi connectivity index (χ1) is 13.2. The van der Waals surface area contributed by atoms with E-state index in [0.717, 1.165) is 5.69 Å². The number of hydrogen-bond donors (Lipinski definition) is 1. The summed E-state index contributed by atoms with van der Waals surface area (Å²) in [5.74, 6) is 0.228. The molecule has 0 atom stereocenters. The summed E-state index contributed by atoms with van der Waals surface area (Å²) in [4.78, 5) is 23.4. The number of halogens is 1. The molecule has 0 bridgehead atoms. The number of nitrogens with zero attached hydrogens (tertiary/aromatic N) is 5. The lowest BCUT2D eigenvalue weighted by Gasteiger charge is -2.26. The van der Waals surface area contributed by atoms with Crippen molar-refractivity contribution >= 4 is 33.5 Å². The van der Waals surface area contributed by atoms with Crippen molar-refractivity contribution in [3.05, 3.63) is 59.1 Å². The van der Waals surface area contributed by atoms with E-state index in [0.29, 0.717) is 48.1 Å². The number of amides is 1. The Morgan fingerprint density at radius 1 is 1.19 bits per heavy atom. The van der Waals surface area contributed by atoms with Gasteiger partial charge in [0.15, 0.2) is 0 Å². The average molecular weight is 429 g/mol. The van der Waals surface area contributed by atoms with Crippen LogP contribution in [0.15, 0.2) is 53.4 Å². The Morgan fingerprint density at radius 3 is 2.67 bits per heavy atom. The van der Waals surface area contributed by atoms with Gasteiger partial charge in [0.1, 0.15) is 5.69 Å². The van der Waals surface area contributed by atoms with Gasteiger partial charge in [0.2, 0.25) is 5.95 Å². The fraction of sp³-hybridized carbons (Fsp3) is 0.222. The molecule has 27 heavy (non-hydrogen) atoms. The molecule has 0 saturated carbocycles. The van der Waals surface area contributed by atoms with E-state index in [9.17, 15) is 4.79 Å². The van der Waals surface area contributed by atoms with E-state index in [1.807, 2.05) is 41.4 Å². The number of morpholine rings is 1. The van der Waals surface area contributed by atoms with Gasteiger partial charge >= 0.3 is 0 Å². The van der Waals surface area contributed by atoms with Crippen molar-refractivity contribution in [2.45, 2.75) is 0 Å². The van der Waals surface area contributed by atoms with Gasteiger partial charge < -0.3 is 15.0 Å². The number of benzene rings is 1. The lowest BCUT2D eigenvalue weighted by Crippen LogP contribution is -2.37. The van der Waals surface area contributed by atoms with Crippen LogP contribution in [0.3, 0.4) is 0 Å². The van der Waals surface area contributed by atoms with E-state index in [2.05, 4.69) is 36.3 Å². The van der Waals surface area contributed by atoms with E-state index < -0.39 is 0 Å². The first kappa shape index (κ1) is 17.6. The van der Waals surface area contributed by atoms with E-state index >= 15 is 0 Å². The molecule has 1 aliphatic heterocycles. The number of nitrogens with one attached hydrogen (secondary N) is 1. The smallest absolute Gasteiger partial charge is 0.275 e. The minimum atomic E-state index is -0.300. The Morgan fingerprint density at radius 2 is 1.96 bits per heavy atom. The molecule has 3 heterocycles. The zero-order valence-electron chi connectivity index (χ0n) is 14.4. The summed E-state index contributed by atoms with van der Waals surface area (Å²) in [5, 5.41) is 7.05. The number of ether oxygens (including phenoxy) is 1. The third-order valence-electron chi connectivity index (χ3n) is 4.13. The molecule has 0 aliphatic carbocycles. The zero-order chi connectivity index (χ0) is 18.6. The highest BCUT2D eigenvalue weighted by Gasteiger charge is 2.19. The van der Waals surface area contributed by atoms with Crippen molar-refractivity contribution < 1.29 is 9.53 Å². The number of aromatic nitrogens is 4. The summed E-state index contributed by atoms with van der Waals surface area (Å²) < 4.78 is 7.64. The van der Waals surface area contributed by atoms with E-state index in [-0.39, 0.29) is 5.91 Å². The fourth-order valence-electron chi connectivity index (χ4n) is 2.74. The highest BCUT2D eigenvalue weighted by molar-refractivity contribution is 9.10. The van der Waals surface area contributed by atoms with Gasteiger partial charge in [0, 0.05) is 37.4 Å². The third kappa shape index (κ3) is 3.99. The molecule has 0 radical (unpaired) electrons. The maximum Gasteiger partial charge on any atom is 0.275 e. The highest BCUT2D eigenvalue weighted by Crippen LogP contribution is 2.20. The predicted molar refractivity (Wildman–Crippen MR) is 104 cm³/mol. The summed E-state index contributed by atoms with van der Waals surface area (Å²) in [6.45, 7) is 2.67. The number of anilines is 2. The zero-order valence-corrected chi connectivity index (χ0v) is 16.0. The first-order valence-electron chi connectivity index (χ1n) is 8.47. The molecule has 1 fully saturated rings. The molecule has 1 aromatic carbocycles. The normalized spacial score (nSPS) is 14.2. The molecule has 8 nitrogen and oxygen atoms in total. The van der Waals surface area contributed by atoms with Crippen LogP contribution < -0.4 is 10.2 Å². The molecular weight excluding hydrogens is 412 g/mol. The fourth-order valence-corrected chi connectivity index (χ4v) is 3.11. The van der Waals surface area contributed by atoms with Crippen LogP contribution in [-0.4, -0.2) is 52.0 Å². The summed E-state index contributed by atoms with van der Waals surface area (Å²) >= 11 is 3.37. The quantitative estimate of drug-likeness (QED) is 0.686. The maximum atomic E-state index is 12.7. The molecule has 0 unspecified atom stereocenters. The van der Waals surface area contributed by atoms with Crippen LogP contribution >= 0.6 is 15.9 Å². The molecule has 0 spiro atoms. The van der Waals surface area contributed by atoms with Gasteiger partial charge in [0.25, 0.3) is 5.91 Å². The predicted octanol–water partition coefficient (Wildman–Crippen LogP) is 2.51. The van der Waals surface area contributed by atoms with Crippen molar-refractivity contribution in [3.8, 4) is 5.69 Å². The van der Waals surface area contributed by atoms with Gasteiger partial charge in [-0.25, -0.2) is 14.6 Å². The molecule has 1 aliphatic rings. The average Bonchev–Trinajstić information content (AvgIpc) is 3.24. The van der Waals surface area contributed by atoms with Gasteiger partial charge in [-0.1, -0.05) is 0 Å². The van der Waals surface area contributed by atoms with E-state index in [1.165, 1.54) is 0 Å². The molecule has 1 N–H and O–H groups in total. The Bertz CT molecular complexity index is 924. The Kier molecular flexibility index (Phi) is 5.12. The van der Waals surface area contributed by atoms with Crippen LogP contribution in [0, 0.1) is 0 Å². The van der Waals surface area contributed by atoms with E-state index in [1.54, 1.807) is 17.1 Å². The molecule has 3 aromatic rings. The molecule has 1 amide bonds. The maximum absolute atomic E-state index is 12.7. The van der Waals surface area contributed by atoms with Crippen molar-refractivity contribution in [2.24, 2.45) is 0 Å². The second-order valence-corrected chi connectivity index (χ2v) is 6.77. The van der Waals surface area contributed by atoms with Gasteiger partial charge in [-0.2, -0.15) is 5.10 Å². The molecule has 4 rings (SSSR count). The second-order valence-electron chi connectivity index (χ2n) is 5.92. The summed E-state index contributed by atoms with van der Waals surface area (Å²) in [6.07, 6.45) is 5.18. The number of carbonyl (C=O) groups is 1. The minimum Gasteiger partial charge on any atom is -0.378 e. The largest absolute Gasteiger partial charge is 0.378 e. The molecule has 9 heteroatoms. The number of carbonyl (C=O) groups excluding carboxylic acids is 1. The number of rotatable bonds is 4. The van der Waals surface area contributed by atoms with Crippen molar-refractivity contribution in [1.82, 2.24) is 19.7 Å². The van der Waals surface area contributed by atoms with Crippen LogP contribution in [0.5, 0.6) is 0 Å². The van der Waals surface area contributed by atoms with Crippen LogP contribution in [0.4, 0.5) is 11.6 Å². The van der Waals surface area contributed by atoms with Gasteiger partial charge in [-0.15, -0.1) is 0 Å². The highest BCUT2D eigenvalue weighted by atomic mass is 79.9. The van der Waals surface area contributed by atoms with Crippen molar-refractivity contribution in [1.29, 1.82) is 0 Å². The van der Waals surface area contributed by atoms with E-state index in [4.69, 9.17) is 4.74 Å². The first-order valence-corrected chi connectivity index (χ1v) is 9.27. The Hall–Kier alpha value is -2.78. The van der Waals surface area contributed by atoms with Crippen LogP contribution in [0.2, 0.25) is 0 Å². The SMILES string of the molecule is O=C(Nc1ccc(-n2cccn2)cc1)c1nc(N2CCOCC2)ncc1Br. The Labute approximate surface area is 164 Å². The summed E-state index contributed by atoms with van der Waals surface area (Å²) in [6, 6.07) is 9.28. The molecule has 2 aromatic heterocycles. The number of hydrogen-bond acceptors (Lipinski definition) is 6. The Balaban J connectivity index is 1.50. The topological polar surface area (TPSA) is 85.2 Å². The lowest BCUT2D eigenvalue weighted by atomic mass is 10.2. The van der Waals surface area contributed by atoms with Crippen LogP contribution in [0.1, 0.15) is 10.5 Å². The monoisotopic (exact) mass is 428 g/mol. The molecular formula is C18H17BrN6O2. The molecule has 1 saturated heterocycles. The van der Waals surface area contributed by atoms with Crippen LogP contribution in [-0.2, 0) is 4.74 Å². The second kappa shape index (κ2) is 7.85. The molecule has 138 valence electrons. The van der Waals surface area contributed by atoms with Crippen LogP contribution in [0.25, 0.3) is 5.69 Å². The van der Waals surface area contributed by atoms with Crippen molar-refractivity contribution in [2.75, 3.05) is 36.5 Å². The summed E-state index contributed by atoms with van der Waals surface area (Å²) in [5.41, 5.74) is 1.88. The standard InChI is InChI=1S/C18H17BrN6O2/c19-15-12-20-18(24-8-10-27-11-9-24)23-16(15)17(26)22-13-2-4-14(5-3-13)25-7-1-6-21-25/h1-7,12H,8-11H2,(H,22,26). The summed E-state index contributed by atoms with van der Waals surface area (Å²) in [7, 11) is 0.